The van der Waals surface area contributed by atoms with Gasteiger partial charge in [-0.3, -0.25) is 4.79 Å². The van der Waals surface area contributed by atoms with Crippen LogP contribution in [0.4, 0.5) is 5.82 Å². The summed E-state index contributed by atoms with van der Waals surface area (Å²) >= 11 is 0. The molecule has 1 atom stereocenters. The van der Waals surface area contributed by atoms with Crippen LogP contribution < -0.4 is 5.32 Å². The van der Waals surface area contributed by atoms with Gasteiger partial charge in [0.1, 0.15) is 17.7 Å². The van der Waals surface area contributed by atoms with Crippen molar-refractivity contribution in [1.82, 2.24) is 14.9 Å². The predicted octanol–water partition coefficient (Wildman–Crippen LogP) is 3.19. The summed E-state index contributed by atoms with van der Waals surface area (Å²) in [6, 6.07) is 8.23. The number of carbonyl (C=O) groups excluding carboxylic acids is 1. The van der Waals surface area contributed by atoms with Gasteiger partial charge in [0.25, 0.3) is 0 Å². The molecule has 2 aliphatic rings. The molecule has 0 bridgehead atoms. The highest BCUT2D eigenvalue weighted by atomic mass is 16.2. The van der Waals surface area contributed by atoms with Crippen LogP contribution in [-0.2, 0) is 24.2 Å². The molecule has 1 N–H and O–H groups in total. The second-order valence-electron chi connectivity index (χ2n) is 7.48. The summed E-state index contributed by atoms with van der Waals surface area (Å²) in [5.74, 6) is 1.84. The van der Waals surface area contributed by atoms with Gasteiger partial charge in [-0.15, -0.1) is 0 Å². The maximum Gasteiger partial charge on any atom is 0.245 e. The van der Waals surface area contributed by atoms with E-state index in [0.717, 1.165) is 43.1 Å². The van der Waals surface area contributed by atoms with E-state index in [1.54, 1.807) is 0 Å². The summed E-state index contributed by atoms with van der Waals surface area (Å²) in [7, 11) is 0. The Bertz CT molecular complexity index is 816. The molecule has 1 fully saturated rings. The fraction of sp³-hybridized carbons (Fsp3) is 0.476. The molecule has 5 heteroatoms. The zero-order chi connectivity index (χ0) is 18.1. The predicted molar refractivity (Wildman–Crippen MR) is 102 cm³/mol. The molecule has 1 aliphatic carbocycles. The van der Waals surface area contributed by atoms with Crippen molar-refractivity contribution in [3.05, 3.63) is 52.5 Å². The Labute approximate surface area is 154 Å². The molecule has 1 saturated heterocycles. The molecule has 136 valence electrons. The van der Waals surface area contributed by atoms with Crippen LogP contribution in [-0.4, -0.2) is 33.4 Å². The van der Waals surface area contributed by atoms with Gasteiger partial charge in [0.2, 0.25) is 5.91 Å². The van der Waals surface area contributed by atoms with Crippen molar-refractivity contribution in [3.8, 4) is 0 Å². The standard InChI is InChI=1S/C21H26N4O/c1-14-7-9-16(10-8-14)13-25-12-11-19(21(25)26)24-20-17-5-3-4-6-18(17)22-15(2)23-20/h7-10,19H,3-6,11-13H2,1-2H3,(H,22,23,24). The highest BCUT2D eigenvalue weighted by Gasteiger charge is 2.32. The Kier molecular flexibility index (Phi) is 4.62. The molecular weight excluding hydrogens is 324 g/mol. The first-order chi connectivity index (χ1) is 12.6. The molecule has 1 amide bonds. The topological polar surface area (TPSA) is 58.1 Å². The van der Waals surface area contributed by atoms with Crippen molar-refractivity contribution in [1.29, 1.82) is 0 Å². The van der Waals surface area contributed by atoms with Crippen LogP contribution in [0.1, 0.15) is 47.5 Å². The van der Waals surface area contributed by atoms with Gasteiger partial charge in [-0.1, -0.05) is 29.8 Å². The number of benzene rings is 1. The van der Waals surface area contributed by atoms with E-state index in [9.17, 15) is 4.79 Å². The molecule has 0 saturated carbocycles. The zero-order valence-electron chi connectivity index (χ0n) is 15.6. The SMILES string of the molecule is Cc1ccc(CN2CCC(Nc3nc(C)nc4c3CCCC4)C2=O)cc1. The molecule has 1 aromatic carbocycles. The minimum Gasteiger partial charge on any atom is -0.358 e. The number of rotatable bonds is 4. The quantitative estimate of drug-likeness (QED) is 0.920. The van der Waals surface area contributed by atoms with E-state index in [0.29, 0.717) is 6.54 Å². The second-order valence-corrected chi connectivity index (χ2v) is 7.48. The van der Waals surface area contributed by atoms with Crippen molar-refractivity contribution < 1.29 is 4.79 Å². The molecule has 26 heavy (non-hydrogen) atoms. The van der Waals surface area contributed by atoms with Gasteiger partial charge in [-0.05, 0) is 51.5 Å². The van der Waals surface area contributed by atoms with E-state index < -0.39 is 0 Å². The lowest BCUT2D eigenvalue weighted by Crippen LogP contribution is -2.34. The van der Waals surface area contributed by atoms with Crippen LogP contribution in [0.5, 0.6) is 0 Å². The van der Waals surface area contributed by atoms with E-state index in [4.69, 9.17) is 0 Å². The zero-order valence-corrected chi connectivity index (χ0v) is 15.6. The van der Waals surface area contributed by atoms with Gasteiger partial charge in [0.05, 0.1) is 0 Å². The van der Waals surface area contributed by atoms with Crippen LogP contribution in [0, 0.1) is 13.8 Å². The first kappa shape index (κ1) is 17.0. The van der Waals surface area contributed by atoms with Gasteiger partial charge in [0.15, 0.2) is 0 Å². The third-order valence-corrected chi connectivity index (χ3v) is 5.40. The number of carbonyl (C=O) groups is 1. The largest absolute Gasteiger partial charge is 0.358 e. The molecule has 1 aliphatic heterocycles. The second kappa shape index (κ2) is 7.06. The van der Waals surface area contributed by atoms with Crippen molar-refractivity contribution in [2.45, 2.75) is 58.5 Å². The first-order valence-corrected chi connectivity index (χ1v) is 9.57. The van der Waals surface area contributed by atoms with E-state index in [-0.39, 0.29) is 11.9 Å². The van der Waals surface area contributed by atoms with Gasteiger partial charge < -0.3 is 10.2 Å². The summed E-state index contributed by atoms with van der Waals surface area (Å²) in [6.07, 6.45) is 5.21. The number of amides is 1. The fourth-order valence-corrected chi connectivity index (χ4v) is 3.95. The van der Waals surface area contributed by atoms with Gasteiger partial charge in [0, 0.05) is 24.3 Å². The van der Waals surface area contributed by atoms with E-state index in [1.807, 2.05) is 11.8 Å². The van der Waals surface area contributed by atoms with Crippen LogP contribution in [0.2, 0.25) is 0 Å². The highest BCUT2D eigenvalue weighted by molar-refractivity contribution is 5.86. The van der Waals surface area contributed by atoms with Crippen molar-refractivity contribution >= 4 is 11.7 Å². The van der Waals surface area contributed by atoms with E-state index in [1.165, 1.54) is 29.5 Å². The maximum absolute atomic E-state index is 12.9. The Morgan fingerprint density at radius 1 is 1.12 bits per heavy atom. The number of hydrogen-bond donors (Lipinski definition) is 1. The van der Waals surface area contributed by atoms with Crippen molar-refractivity contribution in [2.75, 3.05) is 11.9 Å². The number of nitrogens with one attached hydrogen (secondary N) is 1. The average molecular weight is 350 g/mol. The monoisotopic (exact) mass is 350 g/mol. The molecule has 4 rings (SSSR count). The van der Waals surface area contributed by atoms with Crippen LogP contribution in [0.25, 0.3) is 0 Å². The van der Waals surface area contributed by atoms with Crippen LogP contribution >= 0.6 is 0 Å². The number of fused-ring (bicyclic) bond motifs is 1. The Morgan fingerprint density at radius 3 is 2.69 bits per heavy atom. The van der Waals surface area contributed by atoms with Gasteiger partial charge in [-0.2, -0.15) is 0 Å². The number of likely N-dealkylation sites (tertiary alicyclic amines) is 1. The number of aromatic nitrogens is 2. The lowest BCUT2D eigenvalue weighted by Gasteiger charge is -2.22. The summed E-state index contributed by atoms with van der Waals surface area (Å²) < 4.78 is 0. The van der Waals surface area contributed by atoms with E-state index >= 15 is 0 Å². The smallest absolute Gasteiger partial charge is 0.245 e. The third-order valence-electron chi connectivity index (χ3n) is 5.40. The lowest BCUT2D eigenvalue weighted by atomic mass is 9.96. The van der Waals surface area contributed by atoms with Crippen LogP contribution in [0.3, 0.4) is 0 Å². The molecule has 1 aromatic heterocycles. The maximum atomic E-state index is 12.9. The molecule has 2 heterocycles. The van der Waals surface area contributed by atoms with Crippen LogP contribution in [0.15, 0.2) is 24.3 Å². The summed E-state index contributed by atoms with van der Waals surface area (Å²) in [5, 5.41) is 3.44. The minimum absolute atomic E-state index is 0.173. The first-order valence-electron chi connectivity index (χ1n) is 9.57. The molecule has 0 spiro atoms. The Balaban J connectivity index is 1.47. The Hall–Kier alpha value is -2.43. The molecule has 5 nitrogen and oxygen atoms in total. The number of aryl methyl sites for hydroxylation is 3. The fourth-order valence-electron chi connectivity index (χ4n) is 3.95. The summed E-state index contributed by atoms with van der Waals surface area (Å²) in [5.41, 5.74) is 4.80. The number of anilines is 1. The lowest BCUT2D eigenvalue weighted by molar-refractivity contribution is -0.128. The third kappa shape index (κ3) is 3.43. The minimum atomic E-state index is -0.180. The summed E-state index contributed by atoms with van der Waals surface area (Å²) in [6.45, 7) is 5.48. The molecule has 2 aromatic rings. The molecule has 0 radical (unpaired) electrons. The van der Waals surface area contributed by atoms with Crippen molar-refractivity contribution in [3.63, 3.8) is 0 Å². The molecular formula is C21H26N4O. The normalized spacial score (nSPS) is 19.5. The summed E-state index contributed by atoms with van der Waals surface area (Å²) in [4.78, 5) is 24.0. The highest BCUT2D eigenvalue weighted by Crippen LogP contribution is 2.27. The number of hydrogen-bond acceptors (Lipinski definition) is 4. The van der Waals surface area contributed by atoms with E-state index in [2.05, 4.69) is 46.5 Å². The number of nitrogens with zero attached hydrogens (tertiary/aromatic N) is 3. The average Bonchev–Trinajstić information content (AvgIpc) is 2.97. The van der Waals surface area contributed by atoms with Gasteiger partial charge >= 0.3 is 0 Å². The Morgan fingerprint density at radius 2 is 1.88 bits per heavy atom. The molecule has 1 unspecified atom stereocenters. The van der Waals surface area contributed by atoms with Gasteiger partial charge in [-0.25, -0.2) is 9.97 Å². The van der Waals surface area contributed by atoms with Crippen molar-refractivity contribution in [2.24, 2.45) is 0 Å².